The Hall–Kier alpha value is -3.09. The van der Waals surface area contributed by atoms with E-state index in [1.54, 1.807) is 0 Å². The molecule has 0 aliphatic heterocycles. The molecule has 1 N–H and O–H groups in total. The molecule has 5 nitrogen and oxygen atoms in total. The molecule has 1 heterocycles. The van der Waals surface area contributed by atoms with E-state index in [-0.39, 0.29) is 18.7 Å². The van der Waals surface area contributed by atoms with Crippen LogP contribution in [0.2, 0.25) is 0 Å². The van der Waals surface area contributed by atoms with Crippen LogP contribution in [0.3, 0.4) is 0 Å². The lowest BCUT2D eigenvalue weighted by Gasteiger charge is -2.06. The van der Waals surface area contributed by atoms with Crippen molar-refractivity contribution in [3.63, 3.8) is 0 Å². The molecule has 0 spiro atoms. The number of aryl methyl sites for hydroxylation is 2. The molecule has 0 atom stereocenters. The molecule has 3 rings (SSSR count). The van der Waals surface area contributed by atoms with Crippen molar-refractivity contribution >= 4 is 11.6 Å². The van der Waals surface area contributed by atoms with Gasteiger partial charge in [0.15, 0.2) is 0 Å². The third kappa shape index (κ3) is 4.06. The van der Waals surface area contributed by atoms with E-state index in [0.717, 1.165) is 23.3 Å². The number of hydrogen-bond donors (Lipinski definition) is 1. The van der Waals surface area contributed by atoms with Gasteiger partial charge in [-0.15, -0.1) is 10.2 Å². The van der Waals surface area contributed by atoms with Gasteiger partial charge in [0.25, 0.3) is 0 Å². The lowest BCUT2D eigenvalue weighted by molar-refractivity contribution is -0.116. The van der Waals surface area contributed by atoms with Crippen molar-refractivity contribution in [2.75, 3.05) is 5.32 Å². The number of nitrogens with zero attached hydrogens (tertiary/aromatic N) is 2. The van der Waals surface area contributed by atoms with Gasteiger partial charge in [-0.2, -0.15) is 0 Å². The van der Waals surface area contributed by atoms with E-state index < -0.39 is 23.2 Å². The van der Waals surface area contributed by atoms with Crippen LogP contribution in [0.5, 0.6) is 0 Å². The predicted octanol–water partition coefficient (Wildman–Crippen LogP) is 3.89. The highest BCUT2D eigenvalue weighted by molar-refractivity contribution is 5.91. The number of carbonyl (C=O) groups excluding carboxylic acids is 1. The zero-order chi connectivity index (χ0) is 17.8. The van der Waals surface area contributed by atoms with Crippen LogP contribution in [-0.4, -0.2) is 16.1 Å². The van der Waals surface area contributed by atoms with Crippen LogP contribution in [0.15, 0.2) is 46.9 Å². The van der Waals surface area contributed by atoms with E-state index in [4.69, 9.17) is 4.42 Å². The first-order valence-corrected chi connectivity index (χ1v) is 7.66. The molecule has 0 aliphatic rings. The van der Waals surface area contributed by atoms with Gasteiger partial charge in [0.1, 0.15) is 17.3 Å². The topological polar surface area (TPSA) is 68.0 Å². The fraction of sp³-hybridized carbons (Fsp3) is 0.167. The van der Waals surface area contributed by atoms with Crippen LogP contribution in [0.4, 0.5) is 14.5 Å². The molecule has 128 valence electrons. The SMILES string of the molecule is Cc1cccc(-c2nnc(CCC(=O)Nc3c(F)cccc3F)o2)c1. The summed E-state index contributed by atoms with van der Waals surface area (Å²) >= 11 is 0. The van der Waals surface area contributed by atoms with E-state index in [9.17, 15) is 13.6 Å². The highest BCUT2D eigenvalue weighted by atomic mass is 19.1. The van der Waals surface area contributed by atoms with Crippen molar-refractivity contribution in [3.05, 3.63) is 65.6 Å². The second kappa shape index (κ2) is 7.21. The molecular formula is C18H15F2N3O2. The summed E-state index contributed by atoms with van der Waals surface area (Å²) < 4.78 is 32.5. The summed E-state index contributed by atoms with van der Waals surface area (Å²) in [6, 6.07) is 11.0. The molecule has 0 radical (unpaired) electrons. The Morgan fingerprint density at radius 3 is 2.56 bits per heavy atom. The van der Waals surface area contributed by atoms with E-state index >= 15 is 0 Å². The van der Waals surface area contributed by atoms with E-state index in [1.807, 2.05) is 31.2 Å². The molecular weight excluding hydrogens is 328 g/mol. The van der Waals surface area contributed by atoms with Crippen molar-refractivity contribution in [3.8, 4) is 11.5 Å². The number of carbonyl (C=O) groups is 1. The zero-order valence-corrected chi connectivity index (χ0v) is 13.4. The van der Waals surface area contributed by atoms with Crippen LogP contribution in [0.1, 0.15) is 17.9 Å². The standard InChI is InChI=1S/C18H15F2N3O2/c1-11-4-2-5-12(10-11)18-23-22-16(25-18)9-8-15(24)21-17-13(19)6-3-7-14(17)20/h2-7,10H,8-9H2,1H3,(H,21,24). The quantitative estimate of drug-likeness (QED) is 0.763. The Morgan fingerprint density at radius 2 is 1.84 bits per heavy atom. The molecule has 2 aromatic carbocycles. The van der Waals surface area contributed by atoms with Crippen molar-refractivity contribution in [2.45, 2.75) is 19.8 Å². The van der Waals surface area contributed by atoms with Gasteiger partial charge in [0.05, 0.1) is 0 Å². The summed E-state index contributed by atoms with van der Waals surface area (Å²) in [7, 11) is 0. The van der Waals surface area contributed by atoms with Gasteiger partial charge in [0.2, 0.25) is 17.7 Å². The number of rotatable bonds is 5. The third-order valence-corrected chi connectivity index (χ3v) is 3.52. The maximum atomic E-state index is 13.5. The number of amides is 1. The highest BCUT2D eigenvalue weighted by Crippen LogP contribution is 2.20. The fourth-order valence-corrected chi connectivity index (χ4v) is 2.29. The Balaban J connectivity index is 1.61. The van der Waals surface area contributed by atoms with E-state index in [1.165, 1.54) is 6.07 Å². The second-order valence-corrected chi connectivity index (χ2v) is 5.52. The summed E-state index contributed by atoms with van der Waals surface area (Å²) in [4.78, 5) is 11.9. The molecule has 3 aromatic rings. The normalized spacial score (nSPS) is 10.7. The summed E-state index contributed by atoms with van der Waals surface area (Å²) in [5.41, 5.74) is 1.39. The smallest absolute Gasteiger partial charge is 0.247 e. The minimum Gasteiger partial charge on any atom is -0.421 e. The van der Waals surface area contributed by atoms with Crippen LogP contribution >= 0.6 is 0 Å². The molecule has 7 heteroatoms. The number of benzene rings is 2. The summed E-state index contributed by atoms with van der Waals surface area (Å²) in [5, 5.41) is 10.1. The number of anilines is 1. The maximum Gasteiger partial charge on any atom is 0.247 e. The first kappa shape index (κ1) is 16.8. The van der Waals surface area contributed by atoms with Crippen molar-refractivity contribution in [2.24, 2.45) is 0 Å². The Morgan fingerprint density at radius 1 is 1.12 bits per heavy atom. The van der Waals surface area contributed by atoms with Crippen LogP contribution in [0, 0.1) is 18.6 Å². The molecule has 0 saturated carbocycles. The summed E-state index contributed by atoms with van der Waals surface area (Å²) in [6.45, 7) is 1.95. The minimum atomic E-state index is -0.826. The Kier molecular flexibility index (Phi) is 4.83. The number of para-hydroxylation sites is 1. The van der Waals surface area contributed by atoms with Crippen molar-refractivity contribution in [1.82, 2.24) is 10.2 Å². The zero-order valence-electron chi connectivity index (χ0n) is 13.4. The van der Waals surface area contributed by atoms with Gasteiger partial charge in [-0.3, -0.25) is 4.79 Å². The minimum absolute atomic E-state index is 0.0385. The van der Waals surface area contributed by atoms with E-state index in [0.29, 0.717) is 5.89 Å². The Labute approximate surface area is 142 Å². The largest absolute Gasteiger partial charge is 0.421 e. The van der Waals surface area contributed by atoms with Gasteiger partial charge in [0, 0.05) is 18.4 Å². The first-order valence-electron chi connectivity index (χ1n) is 7.66. The molecule has 1 amide bonds. The van der Waals surface area contributed by atoms with Gasteiger partial charge < -0.3 is 9.73 Å². The van der Waals surface area contributed by atoms with Gasteiger partial charge in [-0.25, -0.2) is 8.78 Å². The second-order valence-electron chi connectivity index (χ2n) is 5.52. The third-order valence-electron chi connectivity index (χ3n) is 3.52. The van der Waals surface area contributed by atoms with Gasteiger partial charge in [-0.1, -0.05) is 23.8 Å². The van der Waals surface area contributed by atoms with Crippen LogP contribution in [0.25, 0.3) is 11.5 Å². The first-order chi connectivity index (χ1) is 12.0. The maximum absolute atomic E-state index is 13.5. The van der Waals surface area contributed by atoms with Crippen molar-refractivity contribution in [1.29, 1.82) is 0 Å². The number of hydrogen-bond acceptors (Lipinski definition) is 4. The predicted molar refractivity (Wildman–Crippen MR) is 87.8 cm³/mol. The van der Waals surface area contributed by atoms with Crippen molar-refractivity contribution < 1.29 is 18.0 Å². The molecule has 0 aliphatic carbocycles. The molecule has 25 heavy (non-hydrogen) atoms. The molecule has 0 saturated heterocycles. The molecule has 0 bridgehead atoms. The highest BCUT2D eigenvalue weighted by Gasteiger charge is 2.14. The summed E-state index contributed by atoms with van der Waals surface area (Å²) in [6.07, 6.45) is 0.129. The monoisotopic (exact) mass is 343 g/mol. The number of halogens is 2. The fourth-order valence-electron chi connectivity index (χ4n) is 2.29. The van der Waals surface area contributed by atoms with E-state index in [2.05, 4.69) is 15.5 Å². The average Bonchev–Trinajstić information content (AvgIpc) is 3.06. The van der Waals surface area contributed by atoms with Gasteiger partial charge >= 0.3 is 0 Å². The molecule has 0 unspecified atom stereocenters. The van der Waals surface area contributed by atoms with Gasteiger partial charge in [-0.05, 0) is 31.2 Å². The van der Waals surface area contributed by atoms with Crippen LogP contribution in [-0.2, 0) is 11.2 Å². The van der Waals surface area contributed by atoms with Crippen LogP contribution < -0.4 is 5.32 Å². The molecule has 0 fully saturated rings. The number of aromatic nitrogens is 2. The average molecular weight is 343 g/mol. The Bertz CT molecular complexity index is 889. The number of nitrogens with one attached hydrogen (secondary N) is 1. The lowest BCUT2D eigenvalue weighted by Crippen LogP contribution is -2.14. The lowest BCUT2D eigenvalue weighted by atomic mass is 10.1. The summed E-state index contributed by atoms with van der Waals surface area (Å²) in [5.74, 6) is -1.56. The molecule has 1 aromatic heterocycles.